The smallest absolute Gasteiger partial charge is 0.257 e. The van der Waals surface area contributed by atoms with E-state index in [1.54, 1.807) is 29.2 Å². The second-order valence-electron chi connectivity index (χ2n) is 8.72. The van der Waals surface area contributed by atoms with Crippen molar-refractivity contribution in [2.45, 2.75) is 46.0 Å². The van der Waals surface area contributed by atoms with E-state index in [0.717, 1.165) is 29.1 Å². The van der Waals surface area contributed by atoms with Crippen LogP contribution in [0.2, 0.25) is 0 Å². The Morgan fingerprint density at radius 3 is 2.51 bits per heavy atom. The van der Waals surface area contributed by atoms with Crippen LogP contribution in [0.3, 0.4) is 0 Å². The van der Waals surface area contributed by atoms with Gasteiger partial charge >= 0.3 is 0 Å². The van der Waals surface area contributed by atoms with Gasteiger partial charge in [0.2, 0.25) is 16.9 Å². The van der Waals surface area contributed by atoms with Crippen LogP contribution in [-0.4, -0.2) is 34.5 Å². The van der Waals surface area contributed by atoms with E-state index in [-0.39, 0.29) is 29.6 Å². The van der Waals surface area contributed by atoms with Gasteiger partial charge in [-0.3, -0.25) is 19.7 Å². The van der Waals surface area contributed by atoms with Gasteiger partial charge in [0.25, 0.3) is 5.91 Å². The lowest BCUT2D eigenvalue weighted by atomic mass is 10.0. The van der Waals surface area contributed by atoms with E-state index in [2.05, 4.69) is 20.8 Å². The van der Waals surface area contributed by atoms with Crippen LogP contribution in [0, 0.1) is 12.8 Å². The van der Waals surface area contributed by atoms with E-state index >= 15 is 0 Å². The Balaban J connectivity index is 1.36. The number of aryl methyl sites for hydroxylation is 1. The standard InChI is InChI=1S/C26H29N5O3S/c1-4-17(5-2)23(33)27-20-11-9-18(10-12-20)24(34)28-26-30-29-25(35-26)19-14-22(32)31(15-19)21-8-6-7-16(3)13-21/h6-13,17,19H,4-5,14-15H2,1-3H3,(H,27,33)(H,28,30,34). The summed E-state index contributed by atoms with van der Waals surface area (Å²) in [6.45, 7) is 6.52. The summed E-state index contributed by atoms with van der Waals surface area (Å²) in [6, 6.07) is 14.6. The minimum absolute atomic E-state index is 0.0139. The number of carbonyl (C=O) groups excluding carboxylic acids is 3. The Bertz CT molecular complexity index is 1220. The van der Waals surface area contributed by atoms with Crippen LogP contribution in [0.15, 0.2) is 48.5 Å². The molecule has 4 rings (SSSR count). The maximum absolute atomic E-state index is 12.7. The number of rotatable bonds is 8. The maximum atomic E-state index is 12.7. The number of aromatic nitrogens is 2. The van der Waals surface area contributed by atoms with Crippen LogP contribution in [0.4, 0.5) is 16.5 Å². The lowest BCUT2D eigenvalue weighted by molar-refractivity contribution is -0.120. The van der Waals surface area contributed by atoms with Crippen LogP contribution in [0.25, 0.3) is 0 Å². The van der Waals surface area contributed by atoms with E-state index in [9.17, 15) is 14.4 Å². The lowest BCUT2D eigenvalue weighted by Gasteiger charge is -2.16. The summed E-state index contributed by atoms with van der Waals surface area (Å²) in [5.41, 5.74) is 3.08. The molecule has 0 spiro atoms. The van der Waals surface area contributed by atoms with Crippen molar-refractivity contribution in [1.82, 2.24) is 10.2 Å². The molecule has 2 aromatic carbocycles. The molecule has 2 heterocycles. The average Bonchev–Trinajstić information content (AvgIpc) is 3.47. The van der Waals surface area contributed by atoms with Gasteiger partial charge in [-0.15, -0.1) is 10.2 Å². The molecule has 1 unspecified atom stereocenters. The molecular formula is C26H29N5O3S. The SMILES string of the molecule is CCC(CC)C(=O)Nc1ccc(C(=O)Nc2nnc(C3CC(=O)N(c4cccc(C)c4)C3)s2)cc1. The highest BCUT2D eigenvalue weighted by Gasteiger charge is 2.34. The molecule has 1 fully saturated rings. The average molecular weight is 492 g/mol. The van der Waals surface area contributed by atoms with Gasteiger partial charge in [-0.05, 0) is 61.7 Å². The lowest BCUT2D eigenvalue weighted by Crippen LogP contribution is -2.24. The van der Waals surface area contributed by atoms with Gasteiger partial charge in [0.15, 0.2) is 0 Å². The van der Waals surface area contributed by atoms with E-state index < -0.39 is 0 Å². The summed E-state index contributed by atoms with van der Waals surface area (Å²) in [7, 11) is 0. The zero-order chi connectivity index (χ0) is 24.9. The van der Waals surface area contributed by atoms with E-state index in [4.69, 9.17) is 0 Å². The van der Waals surface area contributed by atoms with Crippen molar-refractivity contribution in [2.75, 3.05) is 22.1 Å². The van der Waals surface area contributed by atoms with Gasteiger partial charge in [0.05, 0.1) is 0 Å². The zero-order valence-corrected chi connectivity index (χ0v) is 20.9. The van der Waals surface area contributed by atoms with Gasteiger partial charge in [0, 0.05) is 41.7 Å². The molecule has 1 aromatic heterocycles. The molecule has 35 heavy (non-hydrogen) atoms. The normalized spacial score (nSPS) is 15.5. The van der Waals surface area contributed by atoms with Crippen molar-refractivity contribution in [3.63, 3.8) is 0 Å². The first-order valence-electron chi connectivity index (χ1n) is 11.8. The van der Waals surface area contributed by atoms with Crippen LogP contribution < -0.4 is 15.5 Å². The van der Waals surface area contributed by atoms with Gasteiger partial charge < -0.3 is 10.2 Å². The topological polar surface area (TPSA) is 104 Å². The Hall–Kier alpha value is -3.59. The molecule has 3 aromatic rings. The number of carbonyl (C=O) groups is 3. The predicted octanol–water partition coefficient (Wildman–Crippen LogP) is 4.99. The highest BCUT2D eigenvalue weighted by Crippen LogP contribution is 2.34. The summed E-state index contributed by atoms with van der Waals surface area (Å²) >= 11 is 1.29. The van der Waals surface area contributed by atoms with Crippen molar-refractivity contribution in [1.29, 1.82) is 0 Å². The summed E-state index contributed by atoms with van der Waals surface area (Å²) in [4.78, 5) is 39.3. The Morgan fingerprint density at radius 2 is 1.83 bits per heavy atom. The molecule has 0 radical (unpaired) electrons. The summed E-state index contributed by atoms with van der Waals surface area (Å²) in [5.74, 6) is -0.361. The molecule has 1 atom stereocenters. The first-order valence-corrected chi connectivity index (χ1v) is 12.6. The number of benzene rings is 2. The van der Waals surface area contributed by atoms with Crippen LogP contribution >= 0.6 is 11.3 Å². The Morgan fingerprint density at radius 1 is 1.09 bits per heavy atom. The van der Waals surface area contributed by atoms with Crippen LogP contribution in [0.1, 0.15) is 60.0 Å². The van der Waals surface area contributed by atoms with Crippen molar-refractivity contribution in [3.05, 3.63) is 64.7 Å². The van der Waals surface area contributed by atoms with Crippen molar-refractivity contribution in [3.8, 4) is 0 Å². The van der Waals surface area contributed by atoms with Crippen molar-refractivity contribution >= 4 is 45.6 Å². The number of hydrogen-bond donors (Lipinski definition) is 2. The minimum atomic E-state index is -0.311. The Kier molecular flexibility index (Phi) is 7.55. The summed E-state index contributed by atoms with van der Waals surface area (Å²) in [6.07, 6.45) is 1.93. The minimum Gasteiger partial charge on any atom is -0.326 e. The number of nitrogens with one attached hydrogen (secondary N) is 2. The second kappa shape index (κ2) is 10.8. The molecule has 9 heteroatoms. The van der Waals surface area contributed by atoms with Gasteiger partial charge in [-0.1, -0.05) is 37.3 Å². The van der Waals surface area contributed by atoms with E-state index in [0.29, 0.717) is 29.3 Å². The third-order valence-electron chi connectivity index (χ3n) is 6.22. The molecule has 182 valence electrons. The molecule has 3 amide bonds. The maximum Gasteiger partial charge on any atom is 0.257 e. The summed E-state index contributed by atoms with van der Waals surface area (Å²) < 4.78 is 0. The molecule has 0 bridgehead atoms. The molecule has 2 N–H and O–H groups in total. The van der Waals surface area contributed by atoms with Crippen LogP contribution in [0.5, 0.6) is 0 Å². The predicted molar refractivity (Wildman–Crippen MR) is 138 cm³/mol. The number of amides is 3. The van der Waals surface area contributed by atoms with Gasteiger partial charge in [-0.25, -0.2) is 0 Å². The molecule has 0 aliphatic carbocycles. The fourth-order valence-corrected chi connectivity index (χ4v) is 4.98. The van der Waals surface area contributed by atoms with E-state index in [1.807, 2.05) is 45.0 Å². The molecule has 1 aliphatic heterocycles. The van der Waals surface area contributed by atoms with Gasteiger partial charge in [-0.2, -0.15) is 0 Å². The third-order valence-corrected chi connectivity index (χ3v) is 7.22. The van der Waals surface area contributed by atoms with Crippen molar-refractivity contribution in [2.24, 2.45) is 5.92 Å². The van der Waals surface area contributed by atoms with Crippen LogP contribution in [-0.2, 0) is 9.59 Å². The largest absolute Gasteiger partial charge is 0.326 e. The molecule has 1 saturated heterocycles. The molecule has 1 aliphatic rings. The Labute approximate surface area is 208 Å². The highest BCUT2D eigenvalue weighted by atomic mass is 32.1. The highest BCUT2D eigenvalue weighted by molar-refractivity contribution is 7.15. The fraction of sp³-hybridized carbons (Fsp3) is 0.346. The zero-order valence-electron chi connectivity index (χ0n) is 20.1. The second-order valence-corrected chi connectivity index (χ2v) is 9.73. The molecule has 8 nitrogen and oxygen atoms in total. The molecular weight excluding hydrogens is 462 g/mol. The first kappa shape index (κ1) is 24.5. The number of anilines is 3. The first-order chi connectivity index (χ1) is 16.9. The van der Waals surface area contributed by atoms with E-state index in [1.165, 1.54) is 11.3 Å². The fourth-order valence-electron chi connectivity index (χ4n) is 4.15. The van der Waals surface area contributed by atoms with Crippen molar-refractivity contribution < 1.29 is 14.4 Å². The quantitative estimate of drug-likeness (QED) is 0.462. The third kappa shape index (κ3) is 5.74. The monoisotopic (exact) mass is 491 g/mol. The number of hydrogen-bond acceptors (Lipinski definition) is 6. The number of nitrogens with zero attached hydrogens (tertiary/aromatic N) is 3. The summed E-state index contributed by atoms with van der Waals surface area (Å²) in [5, 5.41) is 15.1. The molecule has 0 saturated carbocycles. The van der Waals surface area contributed by atoms with Gasteiger partial charge in [0.1, 0.15) is 5.01 Å².